The highest BCUT2D eigenvalue weighted by Gasteiger charge is 2.18. The van der Waals surface area contributed by atoms with E-state index in [0.29, 0.717) is 42.6 Å². The number of ether oxygens (including phenoxy) is 3. The van der Waals surface area contributed by atoms with Gasteiger partial charge in [0.15, 0.2) is 11.5 Å². The minimum atomic E-state index is -3.28. The first kappa shape index (κ1) is 21.0. The molecule has 2 N–H and O–H groups in total. The molecule has 0 aromatic heterocycles. The maximum absolute atomic E-state index is 12.3. The summed E-state index contributed by atoms with van der Waals surface area (Å²) in [4.78, 5) is 12.3. The van der Waals surface area contributed by atoms with Crippen LogP contribution in [0.25, 0.3) is 0 Å². The molecule has 25 heavy (non-hydrogen) atoms. The van der Waals surface area contributed by atoms with Crippen LogP contribution in [-0.4, -0.2) is 53.5 Å². The van der Waals surface area contributed by atoms with Gasteiger partial charge in [-0.05, 0) is 32.9 Å². The van der Waals surface area contributed by atoms with E-state index in [1.54, 1.807) is 12.1 Å². The zero-order valence-electron chi connectivity index (χ0n) is 15.0. The summed E-state index contributed by atoms with van der Waals surface area (Å²) in [6, 6.07) is 3.16. The maximum Gasteiger partial charge on any atom is 0.251 e. The van der Waals surface area contributed by atoms with Crippen LogP contribution in [0.1, 0.15) is 31.1 Å². The summed E-state index contributed by atoms with van der Waals surface area (Å²) in [6.07, 6.45) is 1.06. The number of sulfonamides is 1. The van der Waals surface area contributed by atoms with Gasteiger partial charge in [-0.3, -0.25) is 4.79 Å². The summed E-state index contributed by atoms with van der Waals surface area (Å²) in [7, 11) is -3.28. The molecule has 0 fully saturated rings. The molecule has 142 valence electrons. The molecule has 0 aliphatic rings. The van der Waals surface area contributed by atoms with E-state index in [2.05, 4.69) is 10.0 Å². The number of carbonyl (C=O) groups excluding carboxylic acids is 1. The van der Waals surface area contributed by atoms with E-state index >= 15 is 0 Å². The molecule has 0 aliphatic heterocycles. The van der Waals surface area contributed by atoms with E-state index < -0.39 is 10.0 Å². The number of hydrogen-bond acceptors (Lipinski definition) is 6. The van der Waals surface area contributed by atoms with E-state index in [4.69, 9.17) is 14.2 Å². The molecule has 8 nitrogen and oxygen atoms in total. The molecule has 0 heterocycles. The molecule has 1 amide bonds. The predicted octanol–water partition coefficient (Wildman–Crippen LogP) is 1.16. The Kier molecular flexibility index (Phi) is 8.50. The average Bonchev–Trinajstić information content (AvgIpc) is 2.53. The average molecular weight is 374 g/mol. The third kappa shape index (κ3) is 7.18. The first-order valence-corrected chi connectivity index (χ1v) is 10.0. The molecule has 0 bridgehead atoms. The summed E-state index contributed by atoms with van der Waals surface area (Å²) in [5, 5.41) is 2.64. The van der Waals surface area contributed by atoms with Crippen LogP contribution in [0.3, 0.4) is 0 Å². The first-order chi connectivity index (χ1) is 11.8. The molecule has 0 unspecified atom stereocenters. The molecular formula is C16H26N2O6S. The lowest BCUT2D eigenvalue weighted by Crippen LogP contribution is -2.34. The summed E-state index contributed by atoms with van der Waals surface area (Å²) in [5.41, 5.74) is 0.342. The fraction of sp³-hybridized carbons (Fsp3) is 0.562. The largest absolute Gasteiger partial charge is 0.490 e. The zero-order valence-corrected chi connectivity index (χ0v) is 15.9. The van der Waals surface area contributed by atoms with Gasteiger partial charge in [0.1, 0.15) is 0 Å². The molecule has 0 radical (unpaired) electrons. The highest BCUT2D eigenvalue weighted by Crippen LogP contribution is 2.39. The van der Waals surface area contributed by atoms with Gasteiger partial charge in [-0.15, -0.1) is 0 Å². The molecule has 0 atom stereocenters. The topological polar surface area (TPSA) is 103 Å². The fourth-order valence-electron chi connectivity index (χ4n) is 2.03. The van der Waals surface area contributed by atoms with Crippen molar-refractivity contribution in [1.29, 1.82) is 0 Å². The monoisotopic (exact) mass is 374 g/mol. The van der Waals surface area contributed by atoms with Gasteiger partial charge in [-0.1, -0.05) is 0 Å². The van der Waals surface area contributed by atoms with Gasteiger partial charge in [0.2, 0.25) is 15.8 Å². The molecule has 0 spiro atoms. The molecule has 9 heteroatoms. The minimum Gasteiger partial charge on any atom is -0.490 e. The van der Waals surface area contributed by atoms with Crippen LogP contribution in [0.5, 0.6) is 17.2 Å². The molecular weight excluding hydrogens is 348 g/mol. The van der Waals surface area contributed by atoms with Crippen molar-refractivity contribution in [2.24, 2.45) is 0 Å². The quantitative estimate of drug-likeness (QED) is 0.564. The second kappa shape index (κ2) is 10.1. The minimum absolute atomic E-state index is 0.109. The van der Waals surface area contributed by atoms with Crippen molar-refractivity contribution in [1.82, 2.24) is 10.0 Å². The van der Waals surface area contributed by atoms with Crippen molar-refractivity contribution in [2.45, 2.75) is 20.8 Å². The Morgan fingerprint density at radius 2 is 1.48 bits per heavy atom. The molecule has 1 aromatic carbocycles. The Balaban J connectivity index is 2.95. The van der Waals surface area contributed by atoms with Crippen LogP contribution in [0.15, 0.2) is 12.1 Å². The number of nitrogens with one attached hydrogen (secondary N) is 2. The van der Waals surface area contributed by atoms with Gasteiger partial charge in [-0.2, -0.15) is 0 Å². The summed E-state index contributed by atoms with van der Waals surface area (Å²) in [6.45, 7) is 7.04. The highest BCUT2D eigenvalue weighted by atomic mass is 32.2. The number of carbonyl (C=O) groups is 1. The summed E-state index contributed by atoms with van der Waals surface area (Å²) in [5.74, 6) is 0.950. The van der Waals surface area contributed by atoms with Gasteiger partial charge in [0.25, 0.3) is 5.91 Å². The van der Waals surface area contributed by atoms with Gasteiger partial charge >= 0.3 is 0 Å². The van der Waals surface area contributed by atoms with Crippen molar-refractivity contribution in [2.75, 3.05) is 39.2 Å². The van der Waals surface area contributed by atoms with Crippen LogP contribution in [0.4, 0.5) is 0 Å². The number of amides is 1. The lowest BCUT2D eigenvalue weighted by Gasteiger charge is -2.17. The van der Waals surface area contributed by atoms with E-state index in [0.717, 1.165) is 6.26 Å². The van der Waals surface area contributed by atoms with Gasteiger partial charge in [0, 0.05) is 18.7 Å². The molecule has 0 saturated heterocycles. The normalized spacial score (nSPS) is 11.0. The van der Waals surface area contributed by atoms with Gasteiger partial charge in [0.05, 0.1) is 26.1 Å². The van der Waals surface area contributed by atoms with Crippen LogP contribution < -0.4 is 24.2 Å². The van der Waals surface area contributed by atoms with Crippen molar-refractivity contribution in [3.05, 3.63) is 17.7 Å². The highest BCUT2D eigenvalue weighted by molar-refractivity contribution is 7.88. The first-order valence-electron chi connectivity index (χ1n) is 8.11. The van der Waals surface area contributed by atoms with Crippen molar-refractivity contribution in [3.63, 3.8) is 0 Å². The predicted molar refractivity (Wildman–Crippen MR) is 95.1 cm³/mol. The Bertz CT molecular complexity index is 648. The second-order valence-electron chi connectivity index (χ2n) is 5.02. The Labute approximate surface area is 148 Å². The molecule has 0 aliphatic carbocycles. The van der Waals surface area contributed by atoms with Gasteiger partial charge < -0.3 is 19.5 Å². The third-order valence-electron chi connectivity index (χ3n) is 2.95. The van der Waals surface area contributed by atoms with Crippen LogP contribution >= 0.6 is 0 Å². The van der Waals surface area contributed by atoms with Crippen molar-refractivity contribution < 1.29 is 27.4 Å². The van der Waals surface area contributed by atoms with Gasteiger partial charge in [-0.25, -0.2) is 13.1 Å². The SMILES string of the molecule is CCOc1cc(C(=O)NCCNS(C)(=O)=O)cc(OCC)c1OCC. The molecule has 1 rings (SSSR count). The summed E-state index contributed by atoms with van der Waals surface area (Å²) < 4.78 is 41.0. The molecule has 0 saturated carbocycles. The second-order valence-corrected chi connectivity index (χ2v) is 6.86. The van der Waals surface area contributed by atoms with Crippen LogP contribution in [0.2, 0.25) is 0 Å². The van der Waals surface area contributed by atoms with Crippen LogP contribution in [0, 0.1) is 0 Å². The summed E-state index contributed by atoms with van der Waals surface area (Å²) >= 11 is 0. The van der Waals surface area contributed by atoms with Crippen LogP contribution in [-0.2, 0) is 10.0 Å². The van der Waals surface area contributed by atoms with Crippen molar-refractivity contribution >= 4 is 15.9 Å². The lowest BCUT2D eigenvalue weighted by molar-refractivity contribution is 0.0953. The Morgan fingerprint density at radius 1 is 0.960 bits per heavy atom. The van der Waals surface area contributed by atoms with Crippen molar-refractivity contribution in [3.8, 4) is 17.2 Å². The number of hydrogen-bond donors (Lipinski definition) is 2. The number of rotatable bonds is 11. The number of benzene rings is 1. The van der Waals surface area contributed by atoms with E-state index in [1.807, 2.05) is 20.8 Å². The fourth-order valence-corrected chi connectivity index (χ4v) is 2.51. The Hall–Kier alpha value is -2.00. The third-order valence-corrected chi connectivity index (χ3v) is 3.67. The van der Waals surface area contributed by atoms with E-state index in [9.17, 15) is 13.2 Å². The molecule has 1 aromatic rings. The van der Waals surface area contributed by atoms with E-state index in [-0.39, 0.29) is 19.0 Å². The zero-order chi connectivity index (χ0) is 18.9. The van der Waals surface area contributed by atoms with E-state index in [1.165, 1.54) is 0 Å². The standard InChI is InChI=1S/C16H26N2O6S/c1-5-22-13-10-12(11-14(23-6-2)15(13)24-7-3)16(19)17-8-9-18-25(4,20)21/h10-11,18H,5-9H2,1-4H3,(H,17,19). The lowest BCUT2D eigenvalue weighted by atomic mass is 10.1. The smallest absolute Gasteiger partial charge is 0.251 e. The maximum atomic E-state index is 12.3. The Morgan fingerprint density at radius 3 is 1.92 bits per heavy atom.